The molecular formula is C25H22N4O2S. The quantitative estimate of drug-likeness (QED) is 0.320. The Morgan fingerprint density at radius 2 is 1.53 bits per heavy atom. The smallest absolute Gasteiger partial charge is 0.217 e. The summed E-state index contributed by atoms with van der Waals surface area (Å²) in [6.45, 7) is 1.92. The van der Waals surface area contributed by atoms with Gasteiger partial charge in [0.25, 0.3) is 0 Å². The molecule has 0 aliphatic heterocycles. The number of aromatic nitrogens is 3. The number of carbonyl (C=O) groups is 2. The third-order valence-corrected chi connectivity index (χ3v) is 5.76. The first kappa shape index (κ1) is 21.5. The largest absolute Gasteiger partial charge is 0.352 e. The number of rotatable bonds is 8. The van der Waals surface area contributed by atoms with Crippen LogP contribution in [0.2, 0.25) is 0 Å². The molecule has 1 amide bonds. The van der Waals surface area contributed by atoms with Gasteiger partial charge < -0.3 is 5.32 Å². The molecule has 6 nitrogen and oxygen atoms in total. The van der Waals surface area contributed by atoms with Crippen LogP contribution in [0.4, 0.5) is 0 Å². The van der Waals surface area contributed by atoms with Crippen LogP contribution in [0.25, 0.3) is 17.1 Å². The molecule has 0 aliphatic carbocycles. The highest BCUT2D eigenvalue weighted by Crippen LogP contribution is 2.28. The molecular weight excluding hydrogens is 420 g/mol. The van der Waals surface area contributed by atoms with Crippen molar-refractivity contribution in [3.8, 4) is 17.1 Å². The third-order valence-electron chi connectivity index (χ3n) is 4.83. The van der Waals surface area contributed by atoms with Gasteiger partial charge in [-0.25, -0.2) is 0 Å². The Hall–Kier alpha value is -3.71. The summed E-state index contributed by atoms with van der Waals surface area (Å²) in [5, 5.41) is 12.2. The van der Waals surface area contributed by atoms with E-state index in [1.807, 2.05) is 77.4 Å². The van der Waals surface area contributed by atoms with Crippen LogP contribution in [0.1, 0.15) is 22.8 Å². The van der Waals surface area contributed by atoms with Crippen LogP contribution >= 0.6 is 11.8 Å². The highest BCUT2D eigenvalue weighted by Gasteiger charge is 2.17. The maximum atomic E-state index is 12.8. The van der Waals surface area contributed by atoms with Gasteiger partial charge >= 0.3 is 0 Å². The average molecular weight is 443 g/mol. The highest BCUT2D eigenvalue weighted by molar-refractivity contribution is 7.99. The standard InChI is InChI=1S/C25H22N4O2S/c1-18(30)26-16-19-12-14-20(15-13-19)23(31)17-32-25-28-27-24(21-8-4-2-5-9-21)29(25)22-10-6-3-7-11-22/h2-15H,16-17H2,1H3,(H,26,30). The Balaban J connectivity index is 1.53. The molecule has 7 heteroatoms. The number of nitrogens with zero attached hydrogens (tertiary/aromatic N) is 3. The van der Waals surface area contributed by atoms with Crippen molar-refractivity contribution in [3.05, 3.63) is 96.1 Å². The number of amides is 1. The summed E-state index contributed by atoms with van der Waals surface area (Å²) in [4.78, 5) is 23.8. The lowest BCUT2D eigenvalue weighted by Gasteiger charge is -2.10. The summed E-state index contributed by atoms with van der Waals surface area (Å²) in [5.74, 6) is 0.892. The van der Waals surface area contributed by atoms with E-state index in [1.165, 1.54) is 18.7 Å². The van der Waals surface area contributed by atoms with Crippen molar-refractivity contribution >= 4 is 23.5 Å². The first-order valence-electron chi connectivity index (χ1n) is 10.2. The zero-order valence-electron chi connectivity index (χ0n) is 17.6. The number of hydrogen-bond donors (Lipinski definition) is 1. The fourth-order valence-corrected chi connectivity index (χ4v) is 4.04. The van der Waals surface area contributed by atoms with Crippen molar-refractivity contribution in [1.29, 1.82) is 0 Å². The topological polar surface area (TPSA) is 76.9 Å². The molecule has 0 bridgehead atoms. The minimum atomic E-state index is -0.0843. The molecule has 0 spiro atoms. The summed E-state index contributed by atoms with van der Waals surface area (Å²) >= 11 is 1.36. The lowest BCUT2D eigenvalue weighted by Crippen LogP contribution is -2.18. The molecule has 1 heterocycles. The molecule has 0 atom stereocenters. The van der Waals surface area contributed by atoms with Gasteiger partial charge in [-0.15, -0.1) is 10.2 Å². The van der Waals surface area contributed by atoms with E-state index in [4.69, 9.17) is 0 Å². The van der Waals surface area contributed by atoms with E-state index in [1.54, 1.807) is 12.1 Å². The van der Waals surface area contributed by atoms with E-state index >= 15 is 0 Å². The normalized spacial score (nSPS) is 10.7. The Morgan fingerprint density at radius 3 is 2.19 bits per heavy atom. The van der Waals surface area contributed by atoms with E-state index in [-0.39, 0.29) is 17.4 Å². The van der Waals surface area contributed by atoms with Crippen molar-refractivity contribution in [2.45, 2.75) is 18.6 Å². The number of benzene rings is 3. The highest BCUT2D eigenvalue weighted by atomic mass is 32.2. The van der Waals surface area contributed by atoms with Crippen LogP contribution in [-0.4, -0.2) is 32.2 Å². The molecule has 0 fully saturated rings. The van der Waals surface area contributed by atoms with Crippen LogP contribution in [0.5, 0.6) is 0 Å². The molecule has 0 saturated carbocycles. The molecule has 4 aromatic rings. The number of carbonyl (C=O) groups excluding carboxylic acids is 2. The van der Waals surface area contributed by atoms with Crippen LogP contribution in [0.15, 0.2) is 90.1 Å². The number of para-hydroxylation sites is 1. The zero-order valence-corrected chi connectivity index (χ0v) is 18.4. The number of nitrogens with one attached hydrogen (secondary N) is 1. The fourth-order valence-electron chi connectivity index (χ4n) is 3.20. The second kappa shape index (κ2) is 10.1. The minimum absolute atomic E-state index is 0.00458. The summed E-state index contributed by atoms with van der Waals surface area (Å²) in [6.07, 6.45) is 0. The summed E-state index contributed by atoms with van der Waals surface area (Å²) in [6, 6.07) is 27.0. The van der Waals surface area contributed by atoms with Gasteiger partial charge in [0, 0.05) is 30.3 Å². The first-order chi connectivity index (χ1) is 15.6. The summed E-state index contributed by atoms with van der Waals surface area (Å²) < 4.78 is 1.98. The lowest BCUT2D eigenvalue weighted by molar-refractivity contribution is -0.119. The molecule has 0 aliphatic rings. The SMILES string of the molecule is CC(=O)NCc1ccc(C(=O)CSc2nnc(-c3ccccc3)n2-c2ccccc2)cc1. The van der Waals surface area contributed by atoms with Crippen LogP contribution < -0.4 is 5.32 Å². The molecule has 3 aromatic carbocycles. The maximum Gasteiger partial charge on any atom is 0.217 e. The molecule has 1 N–H and O–H groups in total. The second-order valence-corrected chi connectivity index (χ2v) is 8.10. The van der Waals surface area contributed by atoms with E-state index in [0.29, 0.717) is 17.3 Å². The number of thioether (sulfide) groups is 1. The number of ketones is 1. The van der Waals surface area contributed by atoms with Crippen molar-refractivity contribution in [1.82, 2.24) is 20.1 Å². The molecule has 1 aromatic heterocycles. The van der Waals surface area contributed by atoms with Gasteiger partial charge in [-0.05, 0) is 17.7 Å². The molecule has 0 unspecified atom stereocenters. The number of hydrogen-bond acceptors (Lipinski definition) is 5. The minimum Gasteiger partial charge on any atom is -0.352 e. The first-order valence-corrected chi connectivity index (χ1v) is 11.2. The summed E-state index contributed by atoms with van der Waals surface area (Å²) in [5.41, 5.74) is 3.46. The summed E-state index contributed by atoms with van der Waals surface area (Å²) in [7, 11) is 0. The Kier molecular flexibility index (Phi) is 6.77. The lowest BCUT2D eigenvalue weighted by atomic mass is 10.1. The van der Waals surface area contributed by atoms with E-state index in [2.05, 4.69) is 15.5 Å². The predicted octanol–water partition coefficient (Wildman–Crippen LogP) is 4.55. The van der Waals surface area contributed by atoms with Gasteiger partial charge in [-0.2, -0.15) is 0 Å². The van der Waals surface area contributed by atoms with Gasteiger partial charge in [0.2, 0.25) is 5.91 Å². The van der Waals surface area contributed by atoms with Crippen LogP contribution in [-0.2, 0) is 11.3 Å². The van der Waals surface area contributed by atoms with Gasteiger partial charge in [0.15, 0.2) is 16.8 Å². The number of Topliss-reactive ketones (excluding diaryl/α,β-unsaturated/α-hetero) is 1. The van der Waals surface area contributed by atoms with Crippen molar-refractivity contribution in [3.63, 3.8) is 0 Å². The van der Waals surface area contributed by atoms with E-state index < -0.39 is 0 Å². The Labute approximate surface area is 190 Å². The Bertz CT molecular complexity index is 1210. The van der Waals surface area contributed by atoms with Gasteiger partial charge in [-0.3, -0.25) is 14.2 Å². The van der Waals surface area contributed by atoms with Gasteiger partial charge in [0.1, 0.15) is 0 Å². The monoisotopic (exact) mass is 442 g/mol. The molecule has 32 heavy (non-hydrogen) atoms. The average Bonchev–Trinajstić information content (AvgIpc) is 3.26. The molecule has 0 radical (unpaired) electrons. The van der Waals surface area contributed by atoms with Gasteiger partial charge in [-0.1, -0.05) is 84.6 Å². The third kappa shape index (κ3) is 5.12. The zero-order chi connectivity index (χ0) is 22.3. The molecule has 160 valence electrons. The van der Waals surface area contributed by atoms with Crippen LogP contribution in [0.3, 0.4) is 0 Å². The van der Waals surface area contributed by atoms with E-state index in [9.17, 15) is 9.59 Å². The predicted molar refractivity (Wildman–Crippen MR) is 126 cm³/mol. The van der Waals surface area contributed by atoms with E-state index in [0.717, 1.165) is 22.6 Å². The van der Waals surface area contributed by atoms with Crippen molar-refractivity contribution in [2.24, 2.45) is 0 Å². The maximum absolute atomic E-state index is 12.8. The fraction of sp³-hybridized carbons (Fsp3) is 0.120. The van der Waals surface area contributed by atoms with Crippen LogP contribution in [0, 0.1) is 0 Å². The van der Waals surface area contributed by atoms with Crippen molar-refractivity contribution in [2.75, 3.05) is 5.75 Å². The Morgan fingerprint density at radius 1 is 0.875 bits per heavy atom. The van der Waals surface area contributed by atoms with Gasteiger partial charge in [0.05, 0.1) is 5.75 Å². The second-order valence-electron chi connectivity index (χ2n) is 7.16. The molecule has 0 saturated heterocycles. The molecule has 4 rings (SSSR count). The van der Waals surface area contributed by atoms with Crippen molar-refractivity contribution < 1.29 is 9.59 Å².